The molecule has 0 atom stereocenters. The highest BCUT2D eigenvalue weighted by Gasteiger charge is 2.31. The van der Waals surface area contributed by atoms with Crippen LogP contribution in [0.2, 0.25) is 0 Å². The Morgan fingerprint density at radius 2 is 2.04 bits per heavy atom. The lowest BCUT2D eigenvalue weighted by Gasteiger charge is -2.16. The van der Waals surface area contributed by atoms with Crippen molar-refractivity contribution in [2.24, 2.45) is 0 Å². The first-order valence-electron chi connectivity index (χ1n) is 7.43. The average Bonchev–Trinajstić information content (AvgIpc) is 3.24. The number of rotatable bonds is 3. The van der Waals surface area contributed by atoms with Gasteiger partial charge in [-0.1, -0.05) is 6.07 Å². The number of carbonyl (C=O) groups excluding carboxylic acids is 1. The second-order valence-electron chi connectivity index (χ2n) is 5.86. The third-order valence-corrected chi connectivity index (χ3v) is 4.41. The molecule has 0 bridgehead atoms. The summed E-state index contributed by atoms with van der Waals surface area (Å²) in [7, 11) is 0. The number of aromatic nitrogens is 2. The molecule has 3 heterocycles. The number of amides is 1. The molecule has 6 nitrogen and oxygen atoms in total. The summed E-state index contributed by atoms with van der Waals surface area (Å²) >= 11 is 1.58. The number of nitrogens with one attached hydrogen (secondary N) is 2. The van der Waals surface area contributed by atoms with Gasteiger partial charge in [-0.2, -0.15) is 5.10 Å². The summed E-state index contributed by atoms with van der Waals surface area (Å²) in [5.41, 5.74) is 1.78. The van der Waals surface area contributed by atoms with Crippen LogP contribution in [0.15, 0.2) is 41.8 Å². The van der Waals surface area contributed by atoms with Crippen LogP contribution in [0.1, 0.15) is 24.3 Å². The summed E-state index contributed by atoms with van der Waals surface area (Å²) in [5, 5.41) is 11.8. The van der Waals surface area contributed by atoms with Gasteiger partial charge in [0.05, 0.1) is 10.6 Å². The van der Waals surface area contributed by atoms with Crippen LogP contribution in [0.3, 0.4) is 0 Å². The van der Waals surface area contributed by atoms with E-state index in [2.05, 4.69) is 15.5 Å². The van der Waals surface area contributed by atoms with Crippen molar-refractivity contribution in [1.82, 2.24) is 10.2 Å². The number of hydrogen-bond acceptors (Lipinski definition) is 5. The summed E-state index contributed by atoms with van der Waals surface area (Å²) in [6.07, 6.45) is 0. The van der Waals surface area contributed by atoms with Crippen LogP contribution in [-0.4, -0.2) is 21.9 Å². The van der Waals surface area contributed by atoms with E-state index in [9.17, 15) is 4.79 Å². The van der Waals surface area contributed by atoms with E-state index in [4.69, 9.17) is 9.47 Å². The number of fused-ring (bicyclic) bond motifs is 1. The van der Waals surface area contributed by atoms with Crippen LogP contribution in [0.5, 0.6) is 11.5 Å². The summed E-state index contributed by atoms with van der Waals surface area (Å²) in [6.45, 7) is 3.67. The van der Waals surface area contributed by atoms with E-state index < -0.39 is 5.79 Å². The molecule has 0 spiro atoms. The molecule has 2 aromatic heterocycles. The largest absolute Gasteiger partial charge is 0.449 e. The minimum atomic E-state index is -0.692. The van der Waals surface area contributed by atoms with E-state index in [0.29, 0.717) is 22.9 Å². The lowest BCUT2D eigenvalue weighted by Crippen LogP contribution is -2.29. The first kappa shape index (κ1) is 14.8. The topological polar surface area (TPSA) is 76.2 Å². The van der Waals surface area contributed by atoms with Gasteiger partial charge in [0.15, 0.2) is 17.2 Å². The minimum absolute atomic E-state index is 0.285. The Morgan fingerprint density at radius 1 is 1.21 bits per heavy atom. The number of carbonyl (C=O) groups is 1. The monoisotopic (exact) mass is 341 g/mol. The number of ether oxygens (including phenoxy) is 2. The van der Waals surface area contributed by atoms with Crippen LogP contribution in [0.25, 0.3) is 10.6 Å². The Labute approximate surface area is 142 Å². The Kier molecular flexibility index (Phi) is 3.31. The van der Waals surface area contributed by atoms with Crippen LogP contribution in [0.4, 0.5) is 5.69 Å². The molecule has 0 fully saturated rings. The first-order valence-corrected chi connectivity index (χ1v) is 8.31. The number of hydrogen-bond donors (Lipinski definition) is 2. The molecule has 1 aliphatic rings. The highest BCUT2D eigenvalue weighted by Crippen LogP contribution is 2.40. The van der Waals surface area contributed by atoms with Crippen molar-refractivity contribution in [2.75, 3.05) is 5.32 Å². The zero-order valence-electron chi connectivity index (χ0n) is 13.1. The van der Waals surface area contributed by atoms with Gasteiger partial charge >= 0.3 is 0 Å². The highest BCUT2D eigenvalue weighted by molar-refractivity contribution is 7.13. The molecule has 0 saturated heterocycles. The standard InChI is InChI=1S/C17H15N3O3S/c1-17(2)22-13-6-5-10(8-14(13)23-17)18-16(21)12-9-11(19-20-12)15-4-3-7-24-15/h3-9H,1-2H3,(H,18,21)(H,19,20). The quantitative estimate of drug-likeness (QED) is 0.757. The lowest BCUT2D eigenvalue weighted by atomic mass is 10.2. The molecule has 1 amide bonds. The van der Waals surface area contributed by atoms with Crippen LogP contribution in [0, 0.1) is 0 Å². The maximum absolute atomic E-state index is 12.4. The molecule has 3 aromatic rings. The third kappa shape index (κ3) is 2.74. The Morgan fingerprint density at radius 3 is 2.83 bits per heavy atom. The van der Waals surface area contributed by atoms with Crippen molar-refractivity contribution in [3.05, 3.63) is 47.5 Å². The minimum Gasteiger partial charge on any atom is -0.449 e. The Bertz CT molecular complexity index is 900. The smallest absolute Gasteiger partial charge is 0.276 e. The number of nitrogens with zero attached hydrogens (tertiary/aromatic N) is 1. The zero-order valence-corrected chi connectivity index (χ0v) is 13.9. The zero-order chi connectivity index (χ0) is 16.7. The Balaban J connectivity index is 1.51. The van der Waals surface area contributed by atoms with E-state index in [-0.39, 0.29) is 5.91 Å². The summed E-state index contributed by atoms with van der Waals surface area (Å²) < 4.78 is 11.3. The van der Waals surface area contributed by atoms with Gasteiger partial charge in [0.25, 0.3) is 5.91 Å². The molecule has 122 valence electrons. The van der Waals surface area contributed by atoms with Gasteiger partial charge in [-0.25, -0.2) is 0 Å². The first-order chi connectivity index (χ1) is 11.5. The molecule has 0 aliphatic carbocycles. The van der Waals surface area contributed by atoms with Crippen molar-refractivity contribution in [2.45, 2.75) is 19.6 Å². The molecule has 1 aromatic carbocycles. The number of aromatic amines is 1. The van der Waals surface area contributed by atoms with Gasteiger partial charge in [-0.3, -0.25) is 9.89 Å². The number of benzene rings is 1. The predicted octanol–water partition coefficient (Wildman–Crippen LogP) is 3.90. The number of anilines is 1. The van der Waals surface area contributed by atoms with Gasteiger partial charge in [-0.05, 0) is 29.6 Å². The van der Waals surface area contributed by atoms with Crippen LogP contribution >= 0.6 is 11.3 Å². The number of H-pyrrole nitrogens is 1. The van der Waals surface area contributed by atoms with Crippen molar-refractivity contribution >= 4 is 22.9 Å². The van der Waals surface area contributed by atoms with Crippen LogP contribution < -0.4 is 14.8 Å². The number of thiophene rings is 1. The molecule has 0 saturated carbocycles. The van der Waals surface area contributed by atoms with E-state index in [1.807, 2.05) is 31.4 Å². The maximum Gasteiger partial charge on any atom is 0.276 e. The maximum atomic E-state index is 12.4. The van der Waals surface area contributed by atoms with Gasteiger partial charge in [0.1, 0.15) is 0 Å². The van der Waals surface area contributed by atoms with Gasteiger partial charge < -0.3 is 14.8 Å². The van der Waals surface area contributed by atoms with Gasteiger partial charge in [0.2, 0.25) is 5.79 Å². The molecule has 4 rings (SSSR count). The normalized spacial score (nSPS) is 14.6. The summed E-state index contributed by atoms with van der Waals surface area (Å²) in [4.78, 5) is 13.4. The fourth-order valence-electron chi connectivity index (χ4n) is 2.49. The van der Waals surface area contributed by atoms with Crippen molar-refractivity contribution < 1.29 is 14.3 Å². The lowest BCUT2D eigenvalue weighted by molar-refractivity contribution is -0.0431. The molecule has 1 aliphatic heterocycles. The van der Waals surface area contributed by atoms with E-state index in [1.54, 1.807) is 35.6 Å². The Hall–Kier alpha value is -2.80. The molecule has 2 N–H and O–H groups in total. The van der Waals surface area contributed by atoms with E-state index in [1.165, 1.54) is 0 Å². The van der Waals surface area contributed by atoms with Gasteiger partial charge in [-0.15, -0.1) is 11.3 Å². The SMILES string of the molecule is CC1(C)Oc2ccc(NC(=O)c3cc(-c4cccs4)[nH]n3)cc2O1. The summed E-state index contributed by atoms with van der Waals surface area (Å²) in [6, 6.07) is 11.0. The van der Waals surface area contributed by atoms with E-state index in [0.717, 1.165) is 10.6 Å². The highest BCUT2D eigenvalue weighted by atomic mass is 32.1. The van der Waals surface area contributed by atoms with Crippen molar-refractivity contribution in [3.8, 4) is 22.1 Å². The molecular formula is C17H15N3O3S. The second-order valence-corrected chi connectivity index (χ2v) is 6.81. The average molecular weight is 341 g/mol. The molecular weight excluding hydrogens is 326 g/mol. The molecule has 24 heavy (non-hydrogen) atoms. The third-order valence-electron chi connectivity index (χ3n) is 3.51. The van der Waals surface area contributed by atoms with Crippen LogP contribution in [-0.2, 0) is 0 Å². The fourth-order valence-corrected chi connectivity index (χ4v) is 3.18. The van der Waals surface area contributed by atoms with Crippen molar-refractivity contribution in [1.29, 1.82) is 0 Å². The predicted molar refractivity (Wildman–Crippen MR) is 91.6 cm³/mol. The molecule has 7 heteroatoms. The van der Waals surface area contributed by atoms with Gasteiger partial charge in [0, 0.05) is 25.6 Å². The molecule has 0 unspecified atom stereocenters. The summed E-state index contributed by atoms with van der Waals surface area (Å²) in [5.74, 6) is 0.298. The second kappa shape index (κ2) is 5.38. The molecule has 0 radical (unpaired) electrons. The van der Waals surface area contributed by atoms with Crippen molar-refractivity contribution in [3.63, 3.8) is 0 Å². The van der Waals surface area contributed by atoms with E-state index >= 15 is 0 Å². The fraction of sp³-hybridized carbons (Fsp3) is 0.176.